The maximum Gasteiger partial charge on any atom is 0.115 e. The molecule has 3 aromatic carbocycles. The van der Waals surface area contributed by atoms with Crippen molar-refractivity contribution in [3.8, 4) is 5.75 Å². The van der Waals surface area contributed by atoms with Crippen LogP contribution in [-0.4, -0.2) is 30.5 Å². The minimum absolute atomic E-state index is 0.114. The van der Waals surface area contributed by atoms with Gasteiger partial charge >= 0.3 is 0 Å². The number of rotatable bonds is 3. The molecule has 0 fully saturated rings. The summed E-state index contributed by atoms with van der Waals surface area (Å²) in [7, 11) is 2.10. The SMILES string of the molecule is Cc1ccc(CC2CN(C)c3ccc(Cl)cc3C(c3ccc(O)cc3)=N2)cc1. The second kappa shape index (κ2) is 7.69. The first-order chi connectivity index (χ1) is 13.5. The standard InChI is InChI=1S/C24H23ClN2O/c1-16-3-5-17(6-4-16)13-20-15-27(2)23-12-9-19(25)14-22(23)24(26-20)18-7-10-21(28)11-8-18/h3-12,14,20,28H,13,15H2,1-2H3. The van der Waals surface area contributed by atoms with Gasteiger partial charge in [0, 0.05) is 35.4 Å². The Morgan fingerprint density at radius 2 is 1.75 bits per heavy atom. The van der Waals surface area contributed by atoms with Crippen molar-refractivity contribution in [3.63, 3.8) is 0 Å². The topological polar surface area (TPSA) is 35.8 Å². The first kappa shape index (κ1) is 18.6. The van der Waals surface area contributed by atoms with Crippen LogP contribution in [0.5, 0.6) is 5.75 Å². The van der Waals surface area contributed by atoms with Gasteiger partial charge < -0.3 is 10.0 Å². The van der Waals surface area contributed by atoms with Crippen LogP contribution < -0.4 is 4.90 Å². The van der Waals surface area contributed by atoms with Gasteiger partial charge in [-0.2, -0.15) is 0 Å². The number of phenolic OH excluding ortho intramolecular Hbond substituents is 1. The largest absolute Gasteiger partial charge is 0.508 e. The van der Waals surface area contributed by atoms with Gasteiger partial charge in [-0.1, -0.05) is 41.4 Å². The Morgan fingerprint density at radius 1 is 1.04 bits per heavy atom. The van der Waals surface area contributed by atoms with Gasteiger partial charge in [-0.15, -0.1) is 0 Å². The number of aliphatic imine (C=N–C) groups is 1. The maximum atomic E-state index is 9.69. The normalized spacial score (nSPS) is 16.3. The molecule has 4 rings (SSSR count). The second-order valence-corrected chi connectivity index (χ2v) is 7.85. The molecule has 1 heterocycles. The van der Waals surface area contributed by atoms with Crippen LogP contribution in [0.3, 0.4) is 0 Å². The number of benzene rings is 3. The molecule has 0 radical (unpaired) electrons. The fourth-order valence-electron chi connectivity index (χ4n) is 3.69. The molecular formula is C24H23ClN2O. The molecule has 142 valence electrons. The molecule has 1 atom stereocenters. The quantitative estimate of drug-likeness (QED) is 0.662. The van der Waals surface area contributed by atoms with Crippen LogP contribution in [0.2, 0.25) is 5.02 Å². The van der Waals surface area contributed by atoms with Gasteiger partial charge in [0.1, 0.15) is 5.75 Å². The fourth-order valence-corrected chi connectivity index (χ4v) is 3.87. The summed E-state index contributed by atoms with van der Waals surface area (Å²) >= 11 is 6.32. The van der Waals surface area contributed by atoms with E-state index in [4.69, 9.17) is 16.6 Å². The lowest BCUT2D eigenvalue weighted by Crippen LogP contribution is -2.28. The van der Waals surface area contributed by atoms with E-state index < -0.39 is 0 Å². The van der Waals surface area contributed by atoms with Crippen LogP contribution in [0.4, 0.5) is 5.69 Å². The highest BCUT2D eigenvalue weighted by molar-refractivity contribution is 6.31. The highest BCUT2D eigenvalue weighted by Gasteiger charge is 2.23. The lowest BCUT2D eigenvalue weighted by molar-refractivity contribution is 0.475. The van der Waals surface area contributed by atoms with Gasteiger partial charge in [0.15, 0.2) is 0 Å². The van der Waals surface area contributed by atoms with E-state index in [2.05, 4.69) is 49.2 Å². The Labute approximate surface area is 170 Å². The summed E-state index contributed by atoms with van der Waals surface area (Å²) in [6.07, 6.45) is 0.869. The summed E-state index contributed by atoms with van der Waals surface area (Å²) < 4.78 is 0. The number of hydrogen-bond donors (Lipinski definition) is 1. The zero-order valence-electron chi connectivity index (χ0n) is 16.1. The van der Waals surface area contributed by atoms with Crippen molar-refractivity contribution < 1.29 is 5.11 Å². The van der Waals surface area contributed by atoms with E-state index in [1.165, 1.54) is 11.1 Å². The van der Waals surface area contributed by atoms with Crippen molar-refractivity contribution in [3.05, 3.63) is 94.0 Å². The number of nitrogens with zero attached hydrogens (tertiary/aromatic N) is 2. The number of fused-ring (bicyclic) bond motifs is 1. The zero-order valence-corrected chi connectivity index (χ0v) is 16.8. The number of aromatic hydroxyl groups is 1. The molecule has 0 saturated heterocycles. The van der Waals surface area contributed by atoms with Gasteiger partial charge in [0.25, 0.3) is 0 Å². The van der Waals surface area contributed by atoms with E-state index >= 15 is 0 Å². The Hall–Kier alpha value is -2.78. The van der Waals surface area contributed by atoms with Crippen LogP contribution in [0.1, 0.15) is 22.3 Å². The zero-order chi connectivity index (χ0) is 19.7. The highest BCUT2D eigenvalue weighted by Crippen LogP contribution is 2.30. The van der Waals surface area contributed by atoms with Crippen molar-refractivity contribution in [2.45, 2.75) is 19.4 Å². The number of hydrogen-bond acceptors (Lipinski definition) is 3. The van der Waals surface area contributed by atoms with Gasteiger partial charge in [-0.3, -0.25) is 4.99 Å². The summed E-state index contributed by atoms with van der Waals surface area (Å²) in [5.74, 6) is 0.248. The van der Waals surface area contributed by atoms with E-state index in [-0.39, 0.29) is 11.8 Å². The van der Waals surface area contributed by atoms with Crippen LogP contribution in [0.25, 0.3) is 0 Å². The van der Waals surface area contributed by atoms with Gasteiger partial charge in [-0.25, -0.2) is 0 Å². The monoisotopic (exact) mass is 390 g/mol. The van der Waals surface area contributed by atoms with E-state index in [1.54, 1.807) is 12.1 Å². The van der Waals surface area contributed by atoms with E-state index in [0.717, 1.165) is 35.5 Å². The summed E-state index contributed by atoms with van der Waals surface area (Å²) in [4.78, 5) is 7.41. The number of halogens is 1. The maximum absolute atomic E-state index is 9.69. The first-order valence-corrected chi connectivity index (χ1v) is 9.81. The lowest BCUT2D eigenvalue weighted by atomic mass is 10.00. The summed E-state index contributed by atoms with van der Waals surface area (Å²) in [5, 5.41) is 10.4. The molecule has 3 nitrogen and oxygen atoms in total. The summed E-state index contributed by atoms with van der Waals surface area (Å²) in [6.45, 7) is 2.93. The predicted molar refractivity (Wildman–Crippen MR) is 117 cm³/mol. The molecule has 3 aromatic rings. The molecule has 0 saturated carbocycles. The van der Waals surface area contributed by atoms with Crippen molar-refractivity contribution in [1.29, 1.82) is 0 Å². The van der Waals surface area contributed by atoms with Crippen molar-refractivity contribution in [1.82, 2.24) is 0 Å². The third-order valence-corrected chi connectivity index (χ3v) is 5.39. The Morgan fingerprint density at radius 3 is 2.46 bits per heavy atom. The molecule has 1 unspecified atom stereocenters. The van der Waals surface area contributed by atoms with Gasteiger partial charge in [0.05, 0.1) is 11.8 Å². The Balaban J connectivity index is 1.79. The van der Waals surface area contributed by atoms with Crippen LogP contribution in [0.15, 0.2) is 71.7 Å². The number of anilines is 1. The average Bonchev–Trinajstić information content (AvgIpc) is 2.81. The molecule has 0 spiro atoms. The molecular weight excluding hydrogens is 368 g/mol. The van der Waals surface area contributed by atoms with Crippen LogP contribution in [0, 0.1) is 6.92 Å². The average molecular weight is 391 g/mol. The predicted octanol–water partition coefficient (Wildman–Crippen LogP) is 5.25. The molecule has 28 heavy (non-hydrogen) atoms. The van der Waals surface area contributed by atoms with Crippen molar-refractivity contribution in [2.75, 3.05) is 18.5 Å². The van der Waals surface area contributed by atoms with Crippen molar-refractivity contribution in [2.24, 2.45) is 4.99 Å². The third-order valence-electron chi connectivity index (χ3n) is 5.15. The minimum atomic E-state index is 0.114. The van der Waals surface area contributed by atoms with Gasteiger partial charge in [-0.05, 0) is 61.4 Å². The lowest BCUT2D eigenvalue weighted by Gasteiger charge is -2.22. The highest BCUT2D eigenvalue weighted by atomic mass is 35.5. The molecule has 0 aliphatic carbocycles. The molecule has 1 aliphatic rings. The molecule has 4 heteroatoms. The minimum Gasteiger partial charge on any atom is -0.508 e. The summed E-state index contributed by atoms with van der Waals surface area (Å²) in [5.41, 5.74) is 6.57. The molecule has 0 aromatic heterocycles. The molecule has 1 N–H and O–H groups in total. The number of aryl methyl sites for hydroxylation is 1. The smallest absolute Gasteiger partial charge is 0.115 e. The number of phenols is 1. The van der Waals surface area contributed by atoms with E-state index in [9.17, 15) is 5.11 Å². The summed E-state index contributed by atoms with van der Waals surface area (Å²) in [6, 6.07) is 21.9. The Bertz CT molecular complexity index is 1010. The molecule has 0 amide bonds. The Kier molecular flexibility index (Phi) is 5.10. The van der Waals surface area contributed by atoms with E-state index in [0.29, 0.717) is 5.02 Å². The first-order valence-electron chi connectivity index (χ1n) is 9.43. The number of benzodiazepines with no additional fused rings is 1. The third kappa shape index (κ3) is 3.90. The van der Waals surface area contributed by atoms with E-state index in [1.807, 2.05) is 24.3 Å². The molecule has 1 aliphatic heterocycles. The number of likely N-dealkylation sites (N-methyl/N-ethyl adjacent to an activating group) is 1. The second-order valence-electron chi connectivity index (χ2n) is 7.41. The van der Waals surface area contributed by atoms with Crippen LogP contribution >= 0.6 is 11.6 Å². The van der Waals surface area contributed by atoms with Crippen LogP contribution in [-0.2, 0) is 6.42 Å². The fraction of sp³-hybridized carbons (Fsp3) is 0.208. The molecule has 0 bridgehead atoms. The van der Waals surface area contributed by atoms with Gasteiger partial charge in [0.2, 0.25) is 0 Å². The van der Waals surface area contributed by atoms with Crippen molar-refractivity contribution >= 4 is 23.0 Å².